The van der Waals surface area contributed by atoms with E-state index >= 15 is 0 Å². The number of sulfonamides is 1. The van der Waals surface area contributed by atoms with Crippen molar-refractivity contribution in [2.75, 3.05) is 24.2 Å². The van der Waals surface area contributed by atoms with Gasteiger partial charge in [0.2, 0.25) is 21.8 Å². The number of anilines is 1. The van der Waals surface area contributed by atoms with Crippen LogP contribution in [0.5, 0.6) is 5.75 Å². The van der Waals surface area contributed by atoms with Crippen LogP contribution in [0.3, 0.4) is 0 Å². The summed E-state index contributed by atoms with van der Waals surface area (Å²) < 4.78 is 31.9. The second-order valence-electron chi connectivity index (χ2n) is 11.3. The topological polar surface area (TPSA) is 96.0 Å². The first kappa shape index (κ1) is 33.3. The molecule has 1 aliphatic rings. The Labute approximate surface area is 266 Å². The molecule has 4 rings (SSSR count). The number of nitrogens with one attached hydrogen (secondary N) is 1. The summed E-state index contributed by atoms with van der Waals surface area (Å²) in [5, 5.41) is 3.83. The van der Waals surface area contributed by atoms with Gasteiger partial charge in [-0.1, -0.05) is 73.3 Å². The third kappa shape index (κ3) is 9.72. The minimum Gasteiger partial charge on any atom is -0.497 e. The monoisotopic (exact) mass is 639 g/mol. The van der Waals surface area contributed by atoms with E-state index < -0.39 is 16.1 Å². The molecule has 1 atom stereocenters. The number of carbonyl (C=O) groups excluding carboxylic acids is 2. The van der Waals surface area contributed by atoms with Crippen molar-refractivity contribution >= 4 is 39.1 Å². The fourth-order valence-electron chi connectivity index (χ4n) is 5.64. The Bertz CT molecular complexity index is 1460. The van der Waals surface area contributed by atoms with Gasteiger partial charge >= 0.3 is 0 Å². The van der Waals surface area contributed by atoms with E-state index in [1.54, 1.807) is 48.4 Å². The van der Waals surface area contributed by atoms with Crippen LogP contribution in [0.15, 0.2) is 78.9 Å². The summed E-state index contributed by atoms with van der Waals surface area (Å²) in [6, 6.07) is 23.1. The first-order valence-corrected chi connectivity index (χ1v) is 17.4. The van der Waals surface area contributed by atoms with Gasteiger partial charge in [0.15, 0.2) is 0 Å². The van der Waals surface area contributed by atoms with Crippen LogP contribution in [0, 0.1) is 0 Å². The summed E-state index contributed by atoms with van der Waals surface area (Å²) in [7, 11) is -2.06. The lowest BCUT2D eigenvalue weighted by Gasteiger charge is -2.34. The highest BCUT2D eigenvalue weighted by atomic mass is 35.5. The molecule has 0 unspecified atom stereocenters. The van der Waals surface area contributed by atoms with Crippen LogP contribution in [0.2, 0.25) is 5.02 Å². The highest BCUT2D eigenvalue weighted by molar-refractivity contribution is 7.92. The van der Waals surface area contributed by atoms with Gasteiger partial charge in [0.1, 0.15) is 11.8 Å². The molecule has 0 bridgehead atoms. The maximum absolute atomic E-state index is 14.0. The molecular weight excluding hydrogens is 598 g/mol. The van der Waals surface area contributed by atoms with Crippen molar-refractivity contribution in [3.8, 4) is 5.75 Å². The van der Waals surface area contributed by atoms with Crippen molar-refractivity contribution in [1.82, 2.24) is 10.2 Å². The van der Waals surface area contributed by atoms with Crippen molar-refractivity contribution in [3.05, 3.63) is 95.0 Å². The van der Waals surface area contributed by atoms with Gasteiger partial charge in [-0.25, -0.2) is 8.42 Å². The molecule has 236 valence electrons. The van der Waals surface area contributed by atoms with Gasteiger partial charge in [0.25, 0.3) is 0 Å². The molecule has 0 saturated heterocycles. The van der Waals surface area contributed by atoms with E-state index in [-0.39, 0.29) is 43.8 Å². The maximum atomic E-state index is 14.0. The second kappa shape index (κ2) is 16.0. The Balaban J connectivity index is 1.57. The molecule has 1 aliphatic carbocycles. The summed E-state index contributed by atoms with van der Waals surface area (Å²) in [6.45, 7) is 0.336. The van der Waals surface area contributed by atoms with E-state index in [1.165, 1.54) is 10.7 Å². The quantitative estimate of drug-likeness (QED) is 0.234. The first-order chi connectivity index (χ1) is 21.1. The molecule has 1 saturated carbocycles. The Morgan fingerprint density at radius 2 is 1.59 bits per heavy atom. The molecule has 0 radical (unpaired) electrons. The molecule has 1 fully saturated rings. The number of methoxy groups -OCH3 is 1. The van der Waals surface area contributed by atoms with E-state index in [0.717, 1.165) is 43.1 Å². The third-order valence-electron chi connectivity index (χ3n) is 8.00. The lowest BCUT2D eigenvalue weighted by atomic mass is 9.94. The van der Waals surface area contributed by atoms with Crippen LogP contribution in [0.4, 0.5) is 5.69 Å². The summed E-state index contributed by atoms with van der Waals surface area (Å²) >= 11 is 6.14. The number of rotatable bonds is 14. The molecule has 0 heterocycles. The lowest BCUT2D eigenvalue weighted by Crippen LogP contribution is -2.52. The first-order valence-electron chi connectivity index (χ1n) is 15.1. The maximum Gasteiger partial charge on any atom is 0.243 e. The van der Waals surface area contributed by atoms with Gasteiger partial charge in [-0.05, 0) is 66.8 Å². The van der Waals surface area contributed by atoms with Crippen molar-refractivity contribution in [1.29, 1.82) is 0 Å². The van der Waals surface area contributed by atoms with Crippen molar-refractivity contribution in [2.24, 2.45) is 0 Å². The molecule has 2 amide bonds. The standard InChI is InChI=1S/C34H42ClN3O5S/c1-43-31-21-19-30(20-22-31)38(44(2,41)42)23-9-14-33(39)37(25-27-15-17-28(35)18-16-27)32(24-26-10-5-3-6-11-26)34(40)36-29-12-7-4-8-13-29/h3,5-6,10-11,15-22,29,32H,4,7-9,12-14,23-25H2,1-2H3,(H,36,40)/t32-/m1/s1. The number of halogens is 1. The number of ether oxygens (including phenoxy) is 1. The molecule has 8 nitrogen and oxygen atoms in total. The summed E-state index contributed by atoms with van der Waals surface area (Å²) in [6.07, 6.45) is 7.04. The summed E-state index contributed by atoms with van der Waals surface area (Å²) in [5.74, 6) is 0.230. The van der Waals surface area contributed by atoms with Gasteiger partial charge in [-0.15, -0.1) is 0 Å². The molecule has 44 heavy (non-hydrogen) atoms. The van der Waals surface area contributed by atoms with E-state index in [4.69, 9.17) is 16.3 Å². The van der Waals surface area contributed by atoms with Crippen molar-refractivity contribution in [2.45, 2.75) is 70.0 Å². The summed E-state index contributed by atoms with van der Waals surface area (Å²) in [4.78, 5) is 29.6. The van der Waals surface area contributed by atoms with Crippen LogP contribution in [-0.2, 0) is 32.6 Å². The predicted molar refractivity (Wildman–Crippen MR) is 175 cm³/mol. The van der Waals surface area contributed by atoms with Crippen LogP contribution in [0.25, 0.3) is 0 Å². The van der Waals surface area contributed by atoms with E-state index in [9.17, 15) is 18.0 Å². The molecule has 3 aromatic rings. The molecule has 0 aromatic heterocycles. The molecule has 1 N–H and O–H groups in total. The second-order valence-corrected chi connectivity index (χ2v) is 13.7. The van der Waals surface area contributed by atoms with E-state index in [1.807, 2.05) is 42.5 Å². The molecule has 3 aromatic carbocycles. The Hall–Kier alpha value is -3.56. The van der Waals surface area contributed by atoms with Crippen molar-refractivity contribution in [3.63, 3.8) is 0 Å². The smallest absolute Gasteiger partial charge is 0.243 e. The average molecular weight is 640 g/mol. The minimum atomic E-state index is -3.60. The van der Waals surface area contributed by atoms with Crippen molar-refractivity contribution < 1.29 is 22.7 Å². The SMILES string of the molecule is COc1ccc(N(CCCC(=O)N(Cc2ccc(Cl)cc2)[C@H](Cc2ccccc2)C(=O)NC2CCCCC2)S(C)(=O)=O)cc1. The van der Waals surface area contributed by atoms with E-state index in [2.05, 4.69) is 5.32 Å². The average Bonchev–Trinajstić information content (AvgIpc) is 3.02. The van der Waals surface area contributed by atoms with Gasteiger partial charge in [0, 0.05) is 37.0 Å². The zero-order chi connectivity index (χ0) is 31.5. The Morgan fingerprint density at radius 3 is 2.20 bits per heavy atom. The number of nitrogens with zero attached hydrogens (tertiary/aromatic N) is 2. The van der Waals surface area contributed by atoms with Gasteiger partial charge < -0.3 is 15.0 Å². The summed E-state index contributed by atoms with van der Waals surface area (Å²) in [5.41, 5.74) is 2.29. The highest BCUT2D eigenvalue weighted by Crippen LogP contribution is 2.24. The van der Waals surface area contributed by atoms with Gasteiger partial charge in [-0.2, -0.15) is 0 Å². The van der Waals surface area contributed by atoms with Crippen LogP contribution >= 0.6 is 11.6 Å². The number of hydrogen-bond acceptors (Lipinski definition) is 5. The van der Waals surface area contributed by atoms with Gasteiger partial charge in [-0.3, -0.25) is 13.9 Å². The van der Waals surface area contributed by atoms with Crippen LogP contribution in [-0.4, -0.2) is 57.1 Å². The number of hydrogen-bond donors (Lipinski definition) is 1. The number of benzene rings is 3. The number of amides is 2. The lowest BCUT2D eigenvalue weighted by molar-refractivity contribution is -0.141. The molecule has 0 spiro atoms. The largest absolute Gasteiger partial charge is 0.497 e. The third-order valence-corrected chi connectivity index (χ3v) is 9.45. The fraction of sp³-hybridized carbons (Fsp3) is 0.412. The van der Waals surface area contributed by atoms with Crippen LogP contribution in [0.1, 0.15) is 56.1 Å². The molecule has 10 heteroatoms. The zero-order valence-corrected chi connectivity index (χ0v) is 27.0. The predicted octanol–water partition coefficient (Wildman–Crippen LogP) is 5.98. The number of carbonyl (C=O) groups is 2. The Morgan fingerprint density at radius 1 is 0.932 bits per heavy atom. The zero-order valence-electron chi connectivity index (χ0n) is 25.5. The molecule has 0 aliphatic heterocycles. The highest BCUT2D eigenvalue weighted by Gasteiger charge is 2.32. The fourth-order valence-corrected chi connectivity index (χ4v) is 6.73. The normalized spacial score (nSPS) is 14.4. The molecular formula is C34H42ClN3O5S. The van der Waals surface area contributed by atoms with E-state index in [0.29, 0.717) is 22.9 Å². The van der Waals surface area contributed by atoms with Gasteiger partial charge in [0.05, 0.1) is 19.1 Å². The minimum absolute atomic E-state index is 0.0672. The Kier molecular flexibility index (Phi) is 12.1. The van der Waals surface area contributed by atoms with Crippen LogP contribution < -0.4 is 14.4 Å².